The summed E-state index contributed by atoms with van der Waals surface area (Å²) in [5.74, 6) is 0. The van der Waals surface area contributed by atoms with Crippen LogP contribution in [0.15, 0.2) is 30.3 Å². The van der Waals surface area contributed by atoms with Crippen LogP contribution in [0.5, 0.6) is 0 Å². The molecule has 0 aromatic heterocycles. The number of hydrogen-bond acceptors (Lipinski definition) is 2. The molecule has 1 aliphatic rings. The molecule has 1 N–H and O–H groups in total. The zero-order valence-corrected chi connectivity index (χ0v) is 11.3. The molecule has 0 spiro atoms. The van der Waals surface area contributed by atoms with E-state index in [0.29, 0.717) is 19.6 Å². The lowest BCUT2D eigenvalue weighted by atomic mass is 10.2. The Labute approximate surface area is 109 Å². The first kappa shape index (κ1) is 13.5. The van der Waals surface area contributed by atoms with Gasteiger partial charge in [-0.3, -0.25) is 0 Å². The van der Waals surface area contributed by atoms with Crippen LogP contribution in [0.2, 0.25) is 0 Å². The highest BCUT2D eigenvalue weighted by Crippen LogP contribution is 2.11. The van der Waals surface area contributed by atoms with Crippen molar-refractivity contribution >= 4 is 10.2 Å². The first-order valence-electron chi connectivity index (χ1n) is 6.47. The number of rotatable bonds is 5. The third kappa shape index (κ3) is 3.80. The minimum Gasteiger partial charge on any atom is -0.202 e. The molecule has 0 atom stereocenters. The second-order valence-electron chi connectivity index (χ2n) is 4.59. The molecular weight excluding hydrogens is 248 g/mol. The minimum atomic E-state index is -3.27. The molecule has 4 nitrogen and oxygen atoms in total. The van der Waals surface area contributed by atoms with Crippen LogP contribution in [0, 0.1) is 0 Å². The van der Waals surface area contributed by atoms with Gasteiger partial charge in [0.1, 0.15) is 0 Å². The van der Waals surface area contributed by atoms with E-state index in [1.165, 1.54) is 0 Å². The predicted octanol–water partition coefficient (Wildman–Crippen LogP) is 1.55. The molecule has 5 heteroatoms. The Kier molecular flexibility index (Phi) is 4.74. The second kappa shape index (κ2) is 6.31. The molecule has 0 aliphatic carbocycles. The molecule has 1 fully saturated rings. The average Bonchev–Trinajstić information content (AvgIpc) is 2.41. The van der Waals surface area contributed by atoms with Gasteiger partial charge in [0.2, 0.25) is 0 Å². The Bertz CT molecular complexity index is 453. The Balaban J connectivity index is 1.82. The lowest BCUT2D eigenvalue weighted by molar-refractivity contribution is 0.342. The van der Waals surface area contributed by atoms with Gasteiger partial charge in [0.05, 0.1) is 0 Å². The first-order chi connectivity index (χ1) is 8.68. The van der Waals surface area contributed by atoms with E-state index in [9.17, 15) is 8.42 Å². The van der Waals surface area contributed by atoms with Crippen LogP contribution < -0.4 is 4.72 Å². The number of benzene rings is 1. The molecule has 100 valence electrons. The number of piperidine rings is 1. The molecule has 1 saturated heterocycles. The Morgan fingerprint density at radius 2 is 1.72 bits per heavy atom. The highest BCUT2D eigenvalue weighted by Gasteiger charge is 2.22. The van der Waals surface area contributed by atoms with Crippen LogP contribution >= 0.6 is 0 Å². The monoisotopic (exact) mass is 268 g/mol. The van der Waals surface area contributed by atoms with Gasteiger partial charge in [0.25, 0.3) is 10.2 Å². The fourth-order valence-corrected chi connectivity index (χ4v) is 3.45. The smallest absolute Gasteiger partial charge is 0.202 e. The molecule has 0 unspecified atom stereocenters. The average molecular weight is 268 g/mol. The molecule has 0 bridgehead atoms. The van der Waals surface area contributed by atoms with Gasteiger partial charge in [-0.1, -0.05) is 36.8 Å². The normalized spacial score (nSPS) is 17.8. The lowest BCUT2D eigenvalue weighted by Crippen LogP contribution is -2.43. The van der Waals surface area contributed by atoms with E-state index < -0.39 is 10.2 Å². The Hall–Kier alpha value is -0.910. The van der Waals surface area contributed by atoms with Gasteiger partial charge in [-0.15, -0.1) is 0 Å². The summed E-state index contributed by atoms with van der Waals surface area (Å²) in [5, 5.41) is 0. The molecule has 0 saturated carbocycles. The highest BCUT2D eigenvalue weighted by molar-refractivity contribution is 7.87. The molecule has 1 aromatic carbocycles. The minimum absolute atomic E-state index is 0.461. The maximum absolute atomic E-state index is 12.0. The van der Waals surface area contributed by atoms with Gasteiger partial charge in [0, 0.05) is 19.6 Å². The second-order valence-corrected chi connectivity index (χ2v) is 6.35. The summed E-state index contributed by atoms with van der Waals surface area (Å²) in [6, 6.07) is 9.91. The highest BCUT2D eigenvalue weighted by atomic mass is 32.2. The fraction of sp³-hybridized carbons (Fsp3) is 0.538. The summed E-state index contributed by atoms with van der Waals surface area (Å²) in [6.07, 6.45) is 3.81. The van der Waals surface area contributed by atoms with E-state index in [4.69, 9.17) is 0 Å². The summed E-state index contributed by atoms with van der Waals surface area (Å²) >= 11 is 0. The molecule has 0 amide bonds. The Morgan fingerprint density at radius 1 is 1.06 bits per heavy atom. The van der Waals surface area contributed by atoms with Gasteiger partial charge in [-0.25, -0.2) is 4.72 Å². The molecular formula is C13H20N2O2S. The third-order valence-electron chi connectivity index (χ3n) is 3.20. The zero-order valence-electron chi connectivity index (χ0n) is 10.5. The van der Waals surface area contributed by atoms with Gasteiger partial charge in [-0.2, -0.15) is 12.7 Å². The van der Waals surface area contributed by atoms with Crippen LogP contribution in [0.1, 0.15) is 24.8 Å². The lowest BCUT2D eigenvalue weighted by Gasteiger charge is -2.25. The summed E-state index contributed by atoms with van der Waals surface area (Å²) in [4.78, 5) is 0. The van der Waals surface area contributed by atoms with Crippen LogP contribution in [-0.4, -0.2) is 32.4 Å². The topological polar surface area (TPSA) is 49.4 Å². The van der Waals surface area contributed by atoms with E-state index in [1.54, 1.807) is 4.31 Å². The molecule has 2 rings (SSSR count). The van der Waals surface area contributed by atoms with Crippen molar-refractivity contribution < 1.29 is 8.42 Å². The van der Waals surface area contributed by atoms with Gasteiger partial charge in [0.15, 0.2) is 0 Å². The SMILES string of the molecule is O=S(=O)(NCCc1ccccc1)N1CCCCC1. The van der Waals surface area contributed by atoms with Crippen molar-refractivity contribution in [2.75, 3.05) is 19.6 Å². The third-order valence-corrected chi connectivity index (χ3v) is 4.81. The summed E-state index contributed by atoms with van der Waals surface area (Å²) in [6.45, 7) is 1.77. The standard InChI is InChI=1S/C13H20N2O2S/c16-18(17,15-11-5-2-6-12-15)14-10-9-13-7-3-1-4-8-13/h1,3-4,7-8,14H,2,5-6,9-12H2. The molecule has 1 aliphatic heterocycles. The van der Waals surface area contributed by atoms with Crippen molar-refractivity contribution in [1.82, 2.24) is 9.03 Å². The molecule has 1 heterocycles. The van der Waals surface area contributed by atoms with E-state index in [-0.39, 0.29) is 0 Å². The summed E-state index contributed by atoms with van der Waals surface area (Å²) < 4.78 is 28.2. The van der Waals surface area contributed by atoms with E-state index in [1.807, 2.05) is 30.3 Å². The van der Waals surface area contributed by atoms with Gasteiger partial charge >= 0.3 is 0 Å². The van der Waals surface area contributed by atoms with Crippen molar-refractivity contribution in [3.63, 3.8) is 0 Å². The van der Waals surface area contributed by atoms with Gasteiger partial charge in [-0.05, 0) is 24.8 Å². The summed E-state index contributed by atoms with van der Waals surface area (Å²) in [7, 11) is -3.27. The molecule has 0 radical (unpaired) electrons. The maximum Gasteiger partial charge on any atom is 0.279 e. The van der Waals surface area contributed by atoms with E-state index >= 15 is 0 Å². The van der Waals surface area contributed by atoms with E-state index in [0.717, 1.165) is 31.2 Å². The molecule has 1 aromatic rings. The van der Waals surface area contributed by atoms with Crippen molar-refractivity contribution in [2.24, 2.45) is 0 Å². The zero-order chi connectivity index (χ0) is 12.8. The van der Waals surface area contributed by atoms with Crippen molar-refractivity contribution in [3.05, 3.63) is 35.9 Å². The maximum atomic E-state index is 12.0. The first-order valence-corrected chi connectivity index (χ1v) is 7.91. The van der Waals surface area contributed by atoms with Crippen molar-refractivity contribution in [2.45, 2.75) is 25.7 Å². The fourth-order valence-electron chi connectivity index (χ4n) is 2.17. The quantitative estimate of drug-likeness (QED) is 0.881. The van der Waals surface area contributed by atoms with Gasteiger partial charge < -0.3 is 0 Å². The van der Waals surface area contributed by atoms with Crippen LogP contribution in [0.3, 0.4) is 0 Å². The van der Waals surface area contributed by atoms with Crippen molar-refractivity contribution in [1.29, 1.82) is 0 Å². The number of nitrogens with zero attached hydrogens (tertiary/aromatic N) is 1. The Morgan fingerprint density at radius 3 is 2.39 bits per heavy atom. The van der Waals surface area contributed by atoms with Crippen LogP contribution in [-0.2, 0) is 16.6 Å². The van der Waals surface area contributed by atoms with Crippen molar-refractivity contribution in [3.8, 4) is 0 Å². The number of hydrogen-bond donors (Lipinski definition) is 1. The van der Waals surface area contributed by atoms with E-state index in [2.05, 4.69) is 4.72 Å². The molecule has 18 heavy (non-hydrogen) atoms. The largest absolute Gasteiger partial charge is 0.279 e. The van der Waals surface area contributed by atoms with Crippen LogP contribution in [0.25, 0.3) is 0 Å². The predicted molar refractivity (Wildman–Crippen MR) is 72.5 cm³/mol. The summed E-state index contributed by atoms with van der Waals surface area (Å²) in [5.41, 5.74) is 1.15. The van der Waals surface area contributed by atoms with Crippen LogP contribution in [0.4, 0.5) is 0 Å². The number of nitrogens with one attached hydrogen (secondary N) is 1.